The van der Waals surface area contributed by atoms with Gasteiger partial charge in [-0.1, -0.05) is 42.0 Å². The summed E-state index contributed by atoms with van der Waals surface area (Å²) in [5, 5.41) is 17.4. The van der Waals surface area contributed by atoms with E-state index in [0.717, 1.165) is 16.7 Å². The smallest absolute Gasteiger partial charge is 0.407 e. The Hall–Kier alpha value is -5.58. The highest BCUT2D eigenvalue weighted by Gasteiger charge is 2.45. The van der Waals surface area contributed by atoms with Crippen molar-refractivity contribution in [2.75, 3.05) is 13.2 Å². The number of hydrogen-bond acceptors (Lipinski definition) is 10. The van der Waals surface area contributed by atoms with E-state index in [1.807, 2.05) is 13.1 Å². The van der Waals surface area contributed by atoms with Crippen molar-refractivity contribution in [3.8, 4) is 16.9 Å². The number of amides is 3. The molecule has 0 spiro atoms. The van der Waals surface area contributed by atoms with Crippen molar-refractivity contribution in [2.45, 2.75) is 63.7 Å². The maximum Gasteiger partial charge on any atom is 0.407 e. The third kappa shape index (κ3) is 10.5. The fourth-order valence-electron chi connectivity index (χ4n) is 4.63. The number of aromatic nitrogens is 2. The summed E-state index contributed by atoms with van der Waals surface area (Å²) in [7, 11) is -4.02. The maximum atomic E-state index is 12.6. The average molecular weight is 737 g/mol. The summed E-state index contributed by atoms with van der Waals surface area (Å²) in [6.07, 6.45) is 3.80. The number of ether oxygens (including phenoxy) is 2. The molecule has 1 unspecified atom stereocenters. The number of carboxylic acid groups (broad SMARTS) is 1. The van der Waals surface area contributed by atoms with E-state index in [2.05, 4.69) is 10.4 Å². The van der Waals surface area contributed by atoms with Gasteiger partial charge in [-0.25, -0.2) is 14.4 Å². The number of alkyl carbamates (subject to hydrolysis) is 1. The summed E-state index contributed by atoms with van der Waals surface area (Å²) in [4.78, 5) is 54.4. The lowest BCUT2D eigenvalue weighted by atomic mass is 10.1. The highest BCUT2D eigenvalue weighted by atomic mass is 32.2. The minimum absolute atomic E-state index is 0.0666. The fourth-order valence-corrected chi connectivity index (χ4v) is 5.11. The van der Waals surface area contributed by atoms with E-state index in [9.17, 15) is 32.7 Å². The SMILES string of the molecule is CC(C)(C)OC(=O)NCCCn1cc(-c2ccc(OCC(C)(ON3C(=O)c4ccccc4C3=O)C(=O)O)cc2)cn1.Cc1ccc(S(=O)(=O)O)cc1. The lowest BCUT2D eigenvalue weighted by molar-refractivity contribution is -0.210. The van der Waals surface area contributed by atoms with E-state index < -0.39 is 51.8 Å². The molecule has 0 bridgehead atoms. The summed E-state index contributed by atoms with van der Waals surface area (Å²) < 4.78 is 42.2. The molecule has 15 nitrogen and oxygen atoms in total. The minimum Gasteiger partial charge on any atom is -0.490 e. The highest BCUT2D eigenvalue weighted by molar-refractivity contribution is 7.85. The number of rotatable bonds is 12. The van der Waals surface area contributed by atoms with Crippen molar-refractivity contribution in [3.05, 3.63) is 102 Å². The Morgan fingerprint density at radius 3 is 2.02 bits per heavy atom. The number of fused-ring (bicyclic) bond motifs is 1. The van der Waals surface area contributed by atoms with Gasteiger partial charge in [0.15, 0.2) is 0 Å². The lowest BCUT2D eigenvalue weighted by Crippen LogP contribution is -2.50. The number of carbonyl (C=O) groups excluding carboxylic acids is 3. The highest BCUT2D eigenvalue weighted by Crippen LogP contribution is 2.28. The Bertz CT molecular complexity index is 1990. The van der Waals surface area contributed by atoms with Crippen LogP contribution in [0.25, 0.3) is 11.1 Å². The summed E-state index contributed by atoms with van der Waals surface area (Å²) in [6, 6.07) is 19.1. The number of imide groups is 1. The topological polar surface area (TPSA) is 204 Å². The molecule has 3 N–H and O–H groups in total. The van der Waals surface area contributed by atoms with Crippen LogP contribution in [-0.4, -0.2) is 81.2 Å². The van der Waals surface area contributed by atoms with Gasteiger partial charge >= 0.3 is 12.1 Å². The first-order valence-electron chi connectivity index (χ1n) is 16.0. The number of aryl methyl sites for hydroxylation is 2. The molecule has 3 amide bonds. The Morgan fingerprint density at radius 1 is 0.885 bits per heavy atom. The van der Waals surface area contributed by atoms with Crippen LogP contribution in [0.4, 0.5) is 4.79 Å². The zero-order chi connectivity index (χ0) is 38.3. The molecule has 0 fully saturated rings. The molecule has 276 valence electrons. The van der Waals surface area contributed by atoms with Crippen LogP contribution in [0.1, 0.15) is 60.4 Å². The molecule has 52 heavy (non-hydrogen) atoms. The lowest BCUT2D eigenvalue weighted by Gasteiger charge is -2.28. The molecule has 3 aromatic carbocycles. The summed E-state index contributed by atoms with van der Waals surface area (Å²) in [5.41, 5.74) is 0.389. The van der Waals surface area contributed by atoms with Crippen molar-refractivity contribution >= 4 is 34.0 Å². The number of benzene rings is 3. The first-order chi connectivity index (χ1) is 24.4. The van der Waals surface area contributed by atoms with Gasteiger partial charge in [0.25, 0.3) is 21.9 Å². The predicted molar refractivity (Wildman–Crippen MR) is 187 cm³/mol. The van der Waals surface area contributed by atoms with Crippen molar-refractivity contribution in [3.63, 3.8) is 0 Å². The quantitative estimate of drug-likeness (QED) is 0.0981. The summed E-state index contributed by atoms with van der Waals surface area (Å²) in [6.45, 7) is 9.06. The molecule has 1 aliphatic rings. The standard InChI is InChI=1S/C29H32N4O8.C7H8O3S/c1-28(2,3)40-27(38)30-14-7-15-32-17-20(16-31-32)19-10-12-21(13-11-19)39-18-29(4,26(36)37)41-33-24(34)22-8-5-6-9-23(22)25(33)35;1-6-2-4-7(5-3-6)11(8,9)10/h5-6,8-13,16-17H,7,14-15,18H2,1-4H3,(H,30,38)(H,36,37);2-5H,1H3,(H,8,9,10). The molecule has 4 aromatic rings. The second-order valence-corrected chi connectivity index (χ2v) is 14.4. The van der Waals surface area contributed by atoms with Gasteiger partial charge in [0, 0.05) is 24.8 Å². The number of carboxylic acids is 1. The number of hydroxylamine groups is 2. The number of nitrogens with zero attached hydrogens (tertiary/aromatic N) is 3. The zero-order valence-corrected chi connectivity index (χ0v) is 30.0. The fraction of sp³-hybridized carbons (Fsp3) is 0.306. The monoisotopic (exact) mass is 736 g/mol. The van der Waals surface area contributed by atoms with E-state index in [4.69, 9.17) is 18.9 Å². The minimum atomic E-state index is -4.02. The van der Waals surface area contributed by atoms with Gasteiger partial charge in [0.05, 0.1) is 22.2 Å². The second-order valence-electron chi connectivity index (χ2n) is 13.0. The first-order valence-corrected chi connectivity index (χ1v) is 17.5. The number of nitrogens with one attached hydrogen (secondary N) is 1. The number of carbonyl (C=O) groups is 4. The number of aliphatic carboxylic acids is 1. The molecule has 0 aliphatic carbocycles. The molecule has 0 radical (unpaired) electrons. The van der Waals surface area contributed by atoms with Gasteiger partial charge < -0.3 is 19.9 Å². The molecule has 1 aromatic heterocycles. The maximum absolute atomic E-state index is 12.6. The Balaban J connectivity index is 0.000000470. The van der Waals surface area contributed by atoms with Crippen LogP contribution in [0.15, 0.2) is 90.1 Å². The van der Waals surface area contributed by atoms with Crippen LogP contribution in [0.3, 0.4) is 0 Å². The van der Waals surface area contributed by atoms with Crippen LogP contribution < -0.4 is 10.1 Å². The molecule has 5 rings (SSSR count). The van der Waals surface area contributed by atoms with Crippen LogP contribution in [0.2, 0.25) is 0 Å². The van der Waals surface area contributed by atoms with Crippen molar-refractivity contribution in [1.82, 2.24) is 20.2 Å². The largest absolute Gasteiger partial charge is 0.490 e. The van der Waals surface area contributed by atoms with Gasteiger partial charge in [-0.15, -0.1) is 5.06 Å². The van der Waals surface area contributed by atoms with Crippen molar-refractivity contribution in [2.24, 2.45) is 0 Å². The Morgan fingerprint density at radius 2 is 1.48 bits per heavy atom. The normalized spacial score (nSPS) is 13.8. The first kappa shape index (κ1) is 39.2. The van der Waals surface area contributed by atoms with Gasteiger partial charge in [-0.2, -0.15) is 13.5 Å². The van der Waals surface area contributed by atoms with Gasteiger partial charge in [-0.05, 0) is 83.0 Å². The zero-order valence-electron chi connectivity index (χ0n) is 29.2. The van der Waals surface area contributed by atoms with E-state index in [1.165, 1.54) is 31.2 Å². The molecule has 1 aliphatic heterocycles. The molecule has 0 saturated carbocycles. The van der Waals surface area contributed by atoms with Crippen LogP contribution >= 0.6 is 0 Å². The third-order valence-corrected chi connectivity index (χ3v) is 8.26. The van der Waals surface area contributed by atoms with E-state index in [1.54, 1.807) is 80.2 Å². The van der Waals surface area contributed by atoms with E-state index in [-0.39, 0.29) is 16.0 Å². The summed E-state index contributed by atoms with van der Waals surface area (Å²) in [5.74, 6) is -2.50. The molecular formula is C36H40N4O11S. The van der Waals surface area contributed by atoms with Gasteiger partial charge in [0.2, 0.25) is 5.60 Å². The molecule has 1 atom stereocenters. The van der Waals surface area contributed by atoms with Gasteiger partial charge in [0.1, 0.15) is 18.0 Å². The number of hydrogen-bond donors (Lipinski definition) is 3. The average Bonchev–Trinajstić information content (AvgIpc) is 3.64. The predicted octanol–water partition coefficient (Wildman–Crippen LogP) is 5.16. The second kappa shape index (κ2) is 16.2. The van der Waals surface area contributed by atoms with Crippen LogP contribution in [-0.2, 0) is 31.0 Å². The van der Waals surface area contributed by atoms with Crippen molar-refractivity contribution < 1.29 is 51.6 Å². The molecule has 2 heterocycles. The molecular weight excluding hydrogens is 696 g/mol. The van der Waals surface area contributed by atoms with Crippen LogP contribution in [0, 0.1) is 6.92 Å². The Kier molecular flexibility index (Phi) is 12.2. The Labute approximate surface area is 300 Å². The van der Waals surface area contributed by atoms with E-state index in [0.29, 0.717) is 30.3 Å². The van der Waals surface area contributed by atoms with Crippen LogP contribution in [0.5, 0.6) is 5.75 Å². The van der Waals surface area contributed by atoms with E-state index >= 15 is 0 Å². The third-order valence-electron chi connectivity index (χ3n) is 7.39. The molecule has 0 saturated heterocycles. The summed E-state index contributed by atoms with van der Waals surface area (Å²) >= 11 is 0. The molecule has 16 heteroatoms. The van der Waals surface area contributed by atoms with Crippen molar-refractivity contribution in [1.29, 1.82) is 0 Å². The van der Waals surface area contributed by atoms with Gasteiger partial charge in [-0.3, -0.25) is 18.8 Å².